The highest BCUT2D eigenvalue weighted by atomic mass is 16.5. The number of fused-ring (bicyclic) bond motifs is 3. The van der Waals surface area contributed by atoms with E-state index in [1.165, 1.54) is 0 Å². The quantitative estimate of drug-likeness (QED) is 0.730. The molecule has 0 spiro atoms. The lowest BCUT2D eigenvalue weighted by Gasteiger charge is -2.14. The minimum absolute atomic E-state index is 0.0642. The molecule has 1 atom stereocenters. The third kappa shape index (κ3) is 1.82. The van der Waals surface area contributed by atoms with Crippen LogP contribution in [-0.4, -0.2) is 27.6 Å². The van der Waals surface area contributed by atoms with Gasteiger partial charge in [0.05, 0.1) is 18.8 Å². The maximum absolute atomic E-state index is 12.9. The number of nitrogens with zero attached hydrogens (tertiary/aromatic N) is 3. The van der Waals surface area contributed by atoms with E-state index in [0.717, 1.165) is 40.4 Å². The van der Waals surface area contributed by atoms with Crippen molar-refractivity contribution in [3.05, 3.63) is 40.3 Å². The highest BCUT2D eigenvalue weighted by molar-refractivity contribution is 6.04. The molecule has 0 unspecified atom stereocenters. The molecule has 1 aliphatic heterocycles. The smallest absolute Gasteiger partial charge is 0.260 e. The van der Waals surface area contributed by atoms with Crippen molar-refractivity contribution >= 4 is 21.8 Å². The Morgan fingerprint density at radius 1 is 1.32 bits per heavy atom. The monoisotopic (exact) mass is 297 g/mol. The summed E-state index contributed by atoms with van der Waals surface area (Å²) in [6.45, 7) is 6.08. The second-order valence-electron chi connectivity index (χ2n) is 5.94. The highest BCUT2D eigenvalue weighted by Crippen LogP contribution is 2.28. The van der Waals surface area contributed by atoms with E-state index in [1.807, 2.05) is 47.5 Å². The third-order valence-corrected chi connectivity index (χ3v) is 4.53. The largest absolute Gasteiger partial charge is 0.379 e. The maximum atomic E-state index is 12.9. The van der Waals surface area contributed by atoms with Gasteiger partial charge in [0.15, 0.2) is 0 Å². The molecule has 4 rings (SSSR count). The Labute approximate surface area is 128 Å². The number of rotatable bonds is 2. The number of pyridine rings is 1. The second kappa shape index (κ2) is 4.95. The van der Waals surface area contributed by atoms with Gasteiger partial charge in [-0.2, -0.15) is 5.10 Å². The summed E-state index contributed by atoms with van der Waals surface area (Å²) >= 11 is 0. The van der Waals surface area contributed by atoms with Crippen LogP contribution in [0.25, 0.3) is 21.8 Å². The van der Waals surface area contributed by atoms with Gasteiger partial charge in [0.25, 0.3) is 5.56 Å². The molecule has 0 radical (unpaired) electrons. The lowest BCUT2D eigenvalue weighted by Crippen LogP contribution is -2.23. The fourth-order valence-electron chi connectivity index (χ4n) is 3.40. The first-order valence-electron chi connectivity index (χ1n) is 7.79. The van der Waals surface area contributed by atoms with Gasteiger partial charge in [-0.3, -0.25) is 9.36 Å². The Hall–Kier alpha value is -2.14. The van der Waals surface area contributed by atoms with Crippen LogP contribution in [0, 0.1) is 6.92 Å². The van der Waals surface area contributed by atoms with Crippen LogP contribution < -0.4 is 5.56 Å². The number of benzene rings is 1. The molecular formula is C17H19N3O2. The lowest BCUT2D eigenvalue weighted by molar-refractivity contribution is 0.185. The summed E-state index contributed by atoms with van der Waals surface area (Å²) < 4.78 is 9.30. The minimum atomic E-state index is 0.0642. The zero-order valence-electron chi connectivity index (χ0n) is 12.9. The molecule has 1 aliphatic rings. The molecule has 0 aliphatic carbocycles. The predicted octanol–water partition coefficient (Wildman–Crippen LogP) is 2.64. The summed E-state index contributed by atoms with van der Waals surface area (Å²) in [7, 11) is 0. The first-order valence-corrected chi connectivity index (χ1v) is 7.79. The van der Waals surface area contributed by atoms with Gasteiger partial charge in [-0.1, -0.05) is 17.7 Å². The van der Waals surface area contributed by atoms with Crippen LogP contribution in [0.1, 0.15) is 24.9 Å². The summed E-state index contributed by atoms with van der Waals surface area (Å²) in [6.07, 6.45) is 2.83. The van der Waals surface area contributed by atoms with Crippen molar-refractivity contribution in [3.63, 3.8) is 0 Å². The van der Waals surface area contributed by atoms with E-state index in [9.17, 15) is 4.79 Å². The van der Waals surface area contributed by atoms with Gasteiger partial charge in [-0.25, -0.2) is 4.68 Å². The third-order valence-electron chi connectivity index (χ3n) is 4.53. The van der Waals surface area contributed by atoms with Crippen molar-refractivity contribution in [2.24, 2.45) is 0 Å². The molecular weight excluding hydrogens is 278 g/mol. The van der Waals surface area contributed by atoms with Crippen LogP contribution in [0.4, 0.5) is 0 Å². The number of aryl methyl sites for hydroxylation is 2. The van der Waals surface area contributed by atoms with E-state index < -0.39 is 0 Å². The Morgan fingerprint density at radius 3 is 2.91 bits per heavy atom. The van der Waals surface area contributed by atoms with Crippen LogP contribution in [0.2, 0.25) is 0 Å². The molecule has 114 valence electrons. The fourth-order valence-corrected chi connectivity index (χ4v) is 3.40. The van der Waals surface area contributed by atoms with Crippen molar-refractivity contribution in [2.45, 2.75) is 32.9 Å². The second-order valence-corrected chi connectivity index (χ2v) is 5.94. The molecule has 0 N–H and O–H groups in total. The van der Waals surface area contributed by atoms with Gasteiger partial charge in [0, 0.05) is 23.9 Å². The highest BCUT2D eigenvalue weighted by Gasteiger charge is 2.23. The van der Waals surface area contributed by atoms with Gasteiger partial charge in [0.1, 0.15) is 5.65 Å². The SMILES string of the molecule is CCn1c(=O)c2cc(C)ccc2c2cnn([C@H]3CCOC3)c21. The molecule has 2 aromatic heterocycles. The molecule has 1 saturated heterocycles. The molecule has 1 aromatic carbocycles. The van der Waals surface area contributed by atoms with Crippen molar-refractivity contribution < 1.29 is 4.74 Å². The van der Waals surface area contributed by atoms with E-state index in [2.05, 4.69) is 5.10 Å². The Balaban J connectivity index is 2.13. The van der Waals surface area contributed by atoms with Crippen molar-refractivity contribution in [1.82, 2.24) is 14.3 Å². The standard InChI is InChI=1S/C17H19N3O2/c1-3-19-16-15(9-18-20(16)12-6-7-22-10-12)13-5-4-11(2)8-14(13)17(19)21/h4-5,8-9,12H,3,6-7,10H2,1-2H3/t12-/m0/s1. The van der Waals surface area contributed by atoms with Crippen LogP contribution in [0.5, 0.6) is 0 Å². The Kier molecular flexibility index (Phi) is 3.04. The summed E-state index contributed by atoms with van der Waals surface area (Å²) in [5.41, 5.74) is 2.08. The fraction of sp³-hybridized carbons (Fsp3) is 0.412. The van der Waals surface area contributed by atoms with E-state index in [-0.39, 0.29) is 11.6 Å². The lowest BCUT2D eigenvalue weighted by atomic mass is 10.1. The van der Waals surface area contributed by atoms with Gasteiger partial charge < -0.3 is 4.74 Å². The number of ether oxygens (including phenoxy) is 1. The van der Waals surface area contributed by atoms with Gasteiger partial charge in [0.2, 0.25) is 0 Å². The summed E-state index contributed by atoms with van der Waals surface area (Å²) in [5.74, 6) is 0. The van der Waals surface area contributed by atoms with Gasteiger partial charge >= 0.3 is 0 Å². The Morgan fingerprint density at radius 2 is 2.18 bits per heavy atom. The van der Waals surface area contributed by atoms with Crippen LogP contribution in [0.3, 0.4) is 0 Å². The predicted molar refractivity (Wildman–Crippen MR) is 86.4 cm³/mol. The van der Waals surface area contributed by atoms with E-state index in [0.29, 0.717) is 13.2 Å². The Bertz CT molecular complexity index is 917. The molecule has 3 aromatic rings. The molecule has 1 fully saturated rings. The molecule has 3 heterocycles. The zero-order valence-corrected chi connectivity index (χ0v) is 12.9. The normalized spacial score (nSPS) is 18.5. The molecule has 22 heavy (non-hydrogen) atoms. The summed E-state index contributed by atoms with van der Waals surface area (Å²) in [5, 5.41) is 7.38. The molecule has 0 amide bonds. The number of hydrogen-bond donors (Lipinski definition) is 0. The van der Waals surface area contributed by atoms with E-state index >= 15 is 0 Å². The van der Waals surface area contributed by atoms with E-state index in [4.69, 9.17) is 4.74 Å². The first-order chi connectivity index (χ1) is 10.7. The summed E-state index contributed by atoms with van der Waals surface area (Å²) in [4.78, 5) is 12.9. The van der Waals surface area contributed by atoms with Gasteiger partial charge in [-0.05, 0) is 31.7 Å². The topological polar surface area (TPSA) is 49.0 Å². The number of aromatic nitrogens is 3. The van der Waals surface area contributed by atoms with Gasteiger partial charge in [-0.15, -0.1) is 0 Å². The van der Waals surface area contributed by atoms with Crippen molar-refractivity contribution in [1.29, 1.82) is 0 Å². The van der Waals surface area contributed by atoms with Crippen molar-refractivity contribution in [3.8, 4) is 0 Å². The average molecular weight is 297 g/mol. The zero-order chi connectivity index (χ0) is 15.3. The molecule has 5 nitrogen and oxygen atoms in total. The number of hydrogen-bond acceptors (Lipinski definition) is 3. The average Bonchev–Trinajstić information content (AvgIpc) is 3.16. The first kappa shape index (κ1) is 13.5. The van der Waals surface area contributed by atoms with Crippen molar-refractivity contribution in [2.75, 3.05) is 13.2 Å². The van der Waals surface area contributed by atoms with E-state index in [1.54, 1.807) is 0 Å². The molecule has 0 saturated carbocycles. The minimum Gasteiger partial charge on any atom is -0.379 e. The van der Waals surface area contributed by atoms with Crippen LogP contribution in [-0.2, 0) is 11.3 Å². The maximum Gasteiger partial charge on any atom is 0.260 e. The summed E-state index contributed by atoms with van der Waals surface area (Å²) in [6, 6.07) is 6.27. The van der Waals surface area contributed by atoms with Crippen LogP contribution >= 0.6 is 0 Å². The molecule has 0 bridgehead atoms. The molecule has 5 heteroatoms. The van der Waals surface area contributed by atoms with Crippen LogP contribution in [0.15, 0.2) is 29.2 Å².